The predicted octanol–water partition coefficient (Wildman–Crippen LogP) is 5.79. The Morgan fingerprint density at radius 3 is 1.53 bits per heavy atom. The molecule has 0 amide bonds. The van der Waals surface area contributed by atoms with E-state index in [0.717, 1.165) is 0 Å². The smallest absolute Gasteiger partial charge is 0.307 e. The summed E-state index contributed by atoms with van der Waals surface area (Å²) in [5, 5.41) is 13.1. The van der Waals surface area contributed by atoms with Gasteiger partial charge in [-0.3, -0.25) is 4.79 Å². The first-order valence-electron chi connectivity index (χ1n) is 10.1. The van der Waals surface area contributed by atoms with Gasteiger partial charge in [0.05, 0.1) is 6.42 Å². The minimum atomic E-state index is -0.953. The molecule has 0 saturated carbocycles. The molecule has 162 valence electrons. The maximum atomic E-state index is 13.1. The molecule has 0 heterocycles. The number of carboxylic acid groups (broad SMARTS) is 1. The highest BCUT2D eigenvalue weighted by Gasteiger charge is 2.15. The van der Waals surface area contributed by atoms with E-state index in [1.54, 1.807) is 12.1 Å². The van der Waals surface area contributed by atoms with Crippen molar-refractivity contribution in [2.75, 3.05) is 0 Å². The molecule has 0 fully saturated rings. The van der Waals surface area contributed by atoms with E-state index in [0.29, 0.717) is 16.5 Å². The van der Waals surface area contributed by atoms with Gasteiger partial charge in [0.2, 0.25) is 0 Å². The standard InChI is InChI=1S/C18H15P.C9H8BrFO2/c1-4-10-16(11-5-1)19(17-12-6-2-7-13-17)18-14-8-3-9-15-18;10-5-7-2-1-6(3-8(7)11)4-9(12)13/h1-15H;1-3H,4-5H2,(H,12,13). The van der Waals surface area contributed by atoms with Gasteiger partial charge in [-0.2, -0.15) is 0 Å². The van der Waals surface area contributed by atoms with Crippen LogP contribution in [0.1, 0.15) is 11.1 Å². The highest BCUT2D eigenvalue weighted by atomic mass is 79.9. The summed E-state index contributed by atoms with van der Waals surface area (Å²) in [5.74, 6) is -1.32. The third-order valence-electron chi connectivity index (χ3n) is 4.66. The van der Waals surface area contributed by atoms with Gasteiger partial charge < -0.3 is 5.11 Å². The lowest BCUT2D eigenvalue weighted by Crippen LogP contribution is -2.20. The number of alkyl halides is 1. The van der Waals surface area contributed by atoms with Crippen LogP contribution in [0.25, 0.3) is 0 Å². The molecule has 0 aliphatic rings. The lowest BCUT2D eigenvalue weighted by molar-refractivity contribution is -0.136. The molecule has 0 bridgehead atoms. The van der Waals surface area contributed by atoms with Crippen LogP contribution in [0, 0.1) is 5.82 Å². The molecule has 0 radical (unpaired) electrons. The molecule has 32 heavy (non-hydrogen) atoms. The third-order valence-corrected chi connectivity index (χ3v) is 7.71. The lowest BCUT2D eigenvalue weighted by Gasteiger charge is -2.18. The number of aliphatic carboxylic acids is 1. The lowest BCUT2D eigenvalue weighted by atomic mass is 10.1. The van der Waals surface area contributed by atoms with Crippen molar-refractivity contribution in [2.45, 2.75) is 11.8 Å². The van der Waals surface area contributed by atoms with Crippen LogP contribution < -0.4 is 15.9 Å². The van der Waals surface area contributed by atoms with Gasteiger partial charge in [-0.05, 0) is 41.0 Å². The number of hydrogen-bond acceptors (Lipinski definition) is 1. The molecule has 0 atom stereocenters. The second kappa shape index (κ2) is 12.3. The fourth-order valence-electron chi connectivity index (χ4n) is 3.16. The fourth-order valence-corrected chi connectivity index (χ4v) is 5.92. The van der Waals surface area contributed by atoms with Crippen molar-refractivity contribution >= 4 is 45.7 Å². The minimum Gasteiger partial charge on any atom is -0.481 e. The van der Waals surface area contributed by atoms with E-state index in [-0.39, 0.29) is 12.2 Å². The van der Waals surface area contributed by atoms with Crippen LogP contribution in [0.5, 0.6) is 0 Å². The third kappa shape index (κ3) is 6.85. The molecule has 0 aromatic heterocycles. The first-order valence-corrected chi connectivity index (χ1v) is 12.5. The van der Waals surface area contributed by atoms with E-state index in [1.807, 2.05) is 0 Å². The van der Waals surface area contributed by atoms with Gasteiger partial charge in [-0.1, -0.05) is 119 Å². The van der Waals surface area contributed by atoms with Crippen LogP contribution in [0.3, 0.4) is 0 Å². The van der Waals surface area contributed by atoms with Gasteiger partial charge in [0.1, 0.15) is 5.82 Å². The van der Waals surface area contributed by atoms with Gasteiger partial charge in [-0.25, -0.2) is 4.39 Å². The second-order valence-corrected chi connectivity index (χ2v) is 9.75. The summed E-state index contributed by atoms with van der Waals surface area (Å²) in [6.45, 7) is 0. The van der Waals surface area contributed by atoms with E-state index in [9.17, 15) is 9.18 Å². The average Bonchev–Trinajstić information content (AvgIpc) is 2.82. The zero-order valence-electron chi connectivity index (χ0n) is 17.4. The van der Waals surface area contributed by atoms with Crippen LogP contribution in [0.15, 0.2) is 109 Å². The SMILES string of the molecule is O=C(O)Cc1ccc(CBr)c(F)c1.c1ccc(P(c2ccccc2)c2ccccc2)cc1. The summed E-state index contributed by atoms with van der Waals surface area (Å²) in [4.78, 5) is 10.3. The van der Waals surface area contributed by atoms with Crippen molar-refractivity contribution in [2.24, 2.45) is 0 Å². The molecule has 0 spiro atoms. The van der Waals surface area contributed by atoms with Crippen LogP contribution in [-0.2, 0) is 16.5 Å². The molecule has 4 aromatic carbocycles. The van der Waals surface area contributed by atoms with Crippen LogP contribution in [-0.4, -0.2) is 11.1 Å². The Kier molecular flexibility index (Phi) is 9.15. The largest absolute Gasteiger partial charge is 0.481 e. The van der Waals surface area contributed by atoms with Crippen LogP contribution in [0.2, 0.25) is 0 Å². The van der Waals surface area contributed by atoms with E-state index < -0.39 is 13.9 Å². The summed E-state index contributed by atoms with van der Waals surface area (Å²) in [5.41, 5.74) is 1.02. The molecule has 0 aliphatic carbocycles. The highest BCUT2D eigenvalue weighted by Crippen LogP contribution is 2.32. The highest BCUT2D eigenvalue weighted by molar-refractivity contribution is 9.08. The van der Waals surface area contributed by atoms with Crippen molar-refractivity contribution in [3.63, 3.8) is 0 Å². The summed E-state index contributed by atoms with van der Waals surface area (Å²) in [7, 11) is -0.446. The Morgan fingerprint density at radius 2 is 1.19 bits per heavy atom. The number of carbonyl (C=O) groups is 1. The molecule has 0 aliphatic heterocycles. The topological polar surface area (TPSA) is 37.3 Å². The summed E-state index contributed by atoms with van der Waals surface area (Å²) in [6, 6.07) is 36.8. The van der Waals surface area contributed by atoms with Gasteiger partial charge in [0, 0.05) is 5.33 Å². The molecule has 4 rings (SSSR count). The molecular weight excluding hydrogens is 486 g/mol. The van der Waals surface area contributed by atoms with Crippen LogP contribution >= 0.6 is 23.9 Å². The van der Waals surface area contributed by atoms with E-state index in [2.05, 4.69) is 107 Å². The Morgan fingerprint density at radius 1 is 0.750 bits per heavy atom. The van der Waals surface area contributed by atoms with E-state index >= 15 is 0 Å². The molecule has 2 nitrogen and oxygen atoms in total. The molecule has 5 heteroatoms. The number of halogens is 2. The molecule has 0 unspecified atom stereocenters. The van der Waals surface area contributed by atoms with Crippen molar-refractivity contribution in [3.05, 3.63) is 126 Å². The molecule has 1 N–H and O–H groups in total. The molecule has 0 saturated heterocycles. The Bertz CT molecular complexity index is 1030. The molecule has 4 aromatic rings. The van der Waals surface area contributed by atoms with Crippen molar-refractivity contribution in [1.82, 2.24) is 0 Å². The Hall–Kier alpha value is -2.81. The van der Waals surface area contributed by atoms with Crippen molar-refractivity contribution in [3.8, 4) is 0 Å². The zero-order valence-corrected chi connectivity index (χ0v) is 19.8. The van der Waals surface area contributed by atoms with E-state index in [1.165, 1.54) is 22.0 Å². The Balaban J connectivity index is 0.000000195. The second-order valence-electron chi connectivity index (χ2n) is 6.97. The van der Waals surface area contributed by atoms with Crippen molar-refractivity contribution < 1.29 is 14.3 Å². The first kappa shape index (κ1) is 23.8. The number of carboxylic acids is 1. The quantitative estimate of drug-likeness (QED) is 0.264. The zero-order chi connectivity index (χ0) is 22.8. The van der Waals surface area contributed by atoms with E-state index in [4.69, 9.17) is 5.11 Å². The molecular formula is C27H23BrFO2P. The van der Waals surface area contributed by atoms with Crippen molar-refractivity contribution in [1.29, 1.82) is 0 Å². The summed E-state index contributed by atoms with van der Waals surface area (Å²) < 4.78 is 13.1. The normalized spacial score (nSPS) is 10.3. The van der Waals surface area contributed by atoms with Gasteiger partial charge in [-0.15, -0.1) is 0 Å². The fraction of sp³-hybridized carbons (Fsp3) is 0.0741. The average molecular weight is 509 g/mol. The first-order chi connectivity index (χ1) is 15.6. The van der Waals surface area contributed by atoms with Gasteiger partial charge in [0.15, 0.2) is 0 Å². The maximum Gasteiger partial charge on any atom is 0.307 e. The van der Waals surface area contributed by atoms with Gasteiger partial charge in [0.25, 0.3) is 0 Å². The number of rotatable bonds is 6. The van der Waals surface area contributed by atoms with Crippen LogP contribution in [0.4, 0.5) is 4.39 Å². The Labute approximate surface area is 197 Å². The summed E-state index contributed by atoms with van der Waals surface area (Å²) >= 11 is 3.13. The van der Waals surface area contributed by atoms with Gasteiger partial charge >= 0.3 is 5.97 Å². The minimum absolute atomic E-state index is 0.139. The monoisotopic (exact) mass is 508 g/mol. The number of hydrogen-bond donors (Lipinski definition) is 1. The predicted molar refractivity (Wildman–Crippen MR) is 136 cm³/mol. The summed E-state index contributed by atoms with van der Waals surface area (Å²) in [6.07, 6.45) is -0.139. The maximum absolute atomic E-state index is 13.1. The number of benzene rings is 4.